The number of aliphatic imine (C=N–C) groups is 1. The average Bonchev–Trinajstić information content (AvgIpc) is 2.94. The summed E-state index contributed by atoms with van der Waals surface area (Å²) in [7, 11) is 0. The third kappa shape index (κ3) is 8.99. The summed E-state index contributed by atoms with van der Waals surface area (Å²) in [6.45, 7) is 13.6. The van der Waals surface area contributed by atoms with Gasteiger partial charge in [-0.3, -0.25) is 18.7 Å². The molecular weight excluding hydrogens is 605 g/mol. The van der Waals surface area contributed by atoms with Crippen molar-refractivity contribution >= 4 is 23.6 Å². The van der Waals surface area contributed by atoms with Gasteiger partial charge >= 0.3 is 5.97 Å². The summed E-state index contributed by atoms with van der Waals surface area (Å²) in [5.74, 6) is -7.47. The molecule has 0 aromatic carbocycles. The van der Waals surface area contributed by atoms with Crippen LogP contribution in [0.25, 0.3) is 6.20 Å². The Morgan fingerprint density at radius 1 is 1.05 bits per heavy atom. The molecule has 0 aliphatic carbocycles. The van der Waals surface area contributed by atoms with Gasteiger partial charge in [0.15, 0.2) is 17.3 Å². The maximum absolute atomic E-state index is 14.4. The smallest absolute Gasteiger partial charge is 0.372 e. The number of ether oxygens (including phenoxy) is 1. The van der Waals surface area contributed by atoms with E-state index in [2.05, 4.69) is 9.98 Å². The molecule has 0 atom stereocenters. The third-order valence-corrected chi connectivity index (χ3v) is 5.69. The Morgan fingerprint density at radius 2 is 1.66 bits per heavy atom. The molecule has 240 valence electrons. The number of hydrogen-bond acceptors (Lipinski definition) is 8. The standard InChI is InChI=1S/C26H24ClF3N4O6.2C2H6/c1-5-8-31-19(34-9-6-16(29)20(23(34)35)25(3,4)37)7-10-33-14(2)11-18(21(27)24(33)36)40-26(38,39)22-17(30)12-15(28)13-32-22;2*1-2/h5-13,37-39H,1-4H3;2*1-2H3/b8-5+,10-7+,31-19-;;. The number of hydrogen-bond donors (Lipinski definition) is 3. The van der Waals surface area contributed by atoms with Gasteiger partial charge in [0, 0.05) is 36.4 Å². The lowest BCUT2D eigenvalue weighted by Crippen LogP contribution is -2.36. The molecule has 14 heteroatoms. The van der Waals surface area contributed by atoms with Gasteiger partial charge in [-0.05, 0) is 39.8 Å². The molecule has 0 spiro atoms. The second kappa shape index (κ2) is 16.1. The van der Waals surface area contributed by atoms with Crippen LogP contribution in [0.5, 0.6) is 5.75 Å². The molecule has 3 aromatic rings. The van der Waals surface area contributed by atoms with Crippen LogP contribution in [0.1, 0.15) is 65.4 Å². The van der Waals surface area contributed by atoms with Crippen molar-refractivity contribution in [1.29, 1.82) is 0 Å². The molecule has 3 heterocycles. The van der Waals surface area contributed by atoms with Crippen molar-refractivity contribution in [3.8, 4) is 5.75 Å². The summed E-state index contributed by atoms with van der Waals surface area (Å²) < 4.78 is 48.5. The van der Waals surface area contributed by atoms with E-state index >= 15 is 0 Å². The fraction of sp³-hybridized carbons (Fsp3) is 0.333. The molecule has 0 radical (unpaired) electrons. The number of pyridine rings is 3. The second-order valence-electron chi connectivity index (χ2n) is 8.89. The van der Waals surface area contributed by atoms with Gasteiger partial charge in [-0.25, -0.2) is 23.1 Å². The molecule has 0 saturated carbocycles. The quantitative estimate of drug-likeness (QED) is 0.184. The lowest BCUT2D eigenvalue weighted by molar-refractivity contribution is -0.308. The third-order valence-electron chi connectivity index (χ3n) is 5.34. The molecule has 0 fully saturated rings. The highest BCUT2D eigenvalue weighted by atomic mass is 35.5. The Kier molecular flexibility index (Phi) is 13.9. The van der Waals surface area contributed by atoms with E-state index in [0.717, 1.165) is 27.5 Å². The van der Waals surface area contributed by atoms with Gasteiger partial charge in [0.1, 0.15) is 22.5 Å². The molecule has 10 nitrogen and oxygen atoms in total. The predicted molar refractivity (Wildman–Crippen MR) is 163 cm³/mol. The van der Waals surface area contributed by atoms with Gasteiger partial charge in [-0.15, -0.1) is 0 Å². The van der Waals surface area contributed by atoms with Crippen molar-refractivity contribution in [3.05, 3.63) is 109 Å². The molecular formula is C30H36ClF3N4O6. The summed E-state index contributed by atoms with van der Waals surface area (Å²) in [6, 6.07) is 2.45. The Labute approximate surface area is 257 Å². The van der Waals surface area contributed by atoms with Crippen molar-refractivity contribution in [2.45, 2.75) is 67.0 Å². The number of aromatic nitrogens is 3. The van der Waals surface area contributed by atoms with Gasteiger partial charge in [0.05, 0.1) is 17.4 Å². The summed E-state index contributed by atoms with van der Waals surface area (Å²) in [5, 5.41) is 30.1. The zero-order chi connectivity index (χ0) is 34.0. The van der Waals surface area contributed by atoms with Crippen LogP contribution in [-0.2, 0) is 11.6 Å². The largest absolute Gasteiger partial charge is 0.433 e. The van der Waals surface area contributed by atoms with Crippen LogP contribution in [0.2, 0.25) is 5.02 Å². The van der Waals surface area contributed by atoms with Gasteiger partial charge in [0.25, 0.3) is 11.1 Å². The lowest BCUT2D eigenvalue weighted by atomic mass is 9.99. The van der Waals surface area contributed by atoms with Gasteiger partial charge in [0.2, 0.25) is 0 Å². The number of rotatable bonds is 7. The first-order valence-electron chi connectivity index (χ1n) is 13.5. The van der Waals surface area contributed by atoms with E-state index in [9.17, 15) is 38.1 Å². The molecule has 0 aliphatic rings. The number of halogens is 4. The molecule has 3 aromatic heterocycles. The summed E-state index contributed by atoms with van der Waals surface area (Å²) in [5.41, 5.74) is -5.08. The van der Waals surface area contributed by atoms with Crippen LogP contribution in [0.4, 0.5) is 13.2 Å². The second-order valence-corrected chi connectivity index (χ2v) is 9.27. The van der Waals surface area contributed by atoms with Crippen molar-refractivity contribution in [1.82, 2.24) is 14.1 Å². The fourth-order valence-electron chi connectivity index (χ4n) is 3.53. The number of aliphatic hydroxyl groups is 3. The van der Waals surface area contributed by atoms with E-state index in [0.29, 0.717) is 12.3 Å². The fourth-order valence-corrected chi connectivity index (χ4v) is 3.72. The Bertz CT molecular complexity index is 1660. The van der Waals surface area contributed by atoms with E-state index < -0.39 is 62.2 Å². The summed E-state index contributed by atoms with van der Waals surface area (Å²) in [6.07, 6.45) is 6.94. The molecule has 3 N–H and O–H groups in total. The Hall–Kier alpha value is -4.04. The van der Waals surface area contributed by atoms with E-state index in [4.69, 9.17) is 16.3 Å². The molecule has 0 bridgehead atoms. The molecule has 0 aliphatic heterocycles. The Morgan fingerprint density at radius 3 is 2.20 bits per heavy atom. The lowest BCUT2D eigenvalue weighted by Gasteiger charge is -2.23. The summed E-state index contributed by atoms with van der Waals surface area (Å²) >= 11 is 6.10. The van der Waals surface area contributed by atoms with E-state index in [1.807, 2.05) is 27.7 Å². The minimum atomic E-state index is -3.42. The van der Waals surface area contributed by atoms with E-state index in [1.54, 1.807) is 13.0 Å². The van der Waals surface area contributed by atoms with Crippen molar-refractivity contribution < 1.29 is 33.2 Å². The maximum Gasteiger partial charge on any atom is 0.372 e. The van der Waals surface area contributed by atoms with Gasteiger partial charge in [-0.1, -0.05) is 45.4 Å². The van der Waals surface area contributed by atoms with Gasteiger partial charge < -0.3 is 20.1 Å². The molecule has 0 saturated heterocycles. The first kappa shape index (κ1) is 38.0. The molecule has 0 amide bonds. The molecule has 3 rings (SSSR count). The number of nitrogens with zero attached hydrogens (tertiary/aromatic N) is 4. The van der Waals surface area contributed by atoms with Crippen LogP contribution in [-0.4, -0.2) is 35.3 Å². The molecule has 44 heavy (non-hydrogen) atoms. The minimum absolute atomic E-state index is 0.0704. The highest BCUT2D eigenvalue weighted by Crippen LogP contribution is 2.29. The Balaban J connectivity index is 0.00000232. The molecule has 0 unspecified atom stereocenters. The van der Waals surface area contributed by atoms with Crippen LogP contribution >= 0.6 is 11.6 Å². The van der Waals surface area contributed by atoms with E-state index in [1.165, 1.54) is 39.2 Å². The van der Waals surface area contributed by atoms with Crippen LogP contribution in [0, 0.1) is 24.4 Å². The monoisotopic (exact) mass is 640 g/mol. The van der Waals surface area contributed by atoms with Crippen molar-refractivity contribution in [3.63, 3.8) is 0 Å². The van der Waals surface area contributed by atoms with Crippen molar-refractivity contribution in [2.75, 3.05) is 0 Å². The van der Waals surface area contributed by atoms with Crippen LogP contribution in [0.15, 0.2) is 63.5 Å². The topological polar surface area (TPSA) is 139 Å². The highest BCUT2D eigenvalue weighted by molar-refractivity contribution is 6.31. The number of aryl methyl sites for hydroxylation is 1. The van der Waals surface area contributed by atoms with Gasteiger partial charge in [-0.2, -0.15) is 0 Å². The first-order chi connectivity index (χ1) is 20.6. The number of allylic oxidation sites excluding steroid dienone is 2. The SMILES string of the molecule is C/C=C/N=C(/C=C/n1c(C)cc(OC(O)(O)c2ncc(F)cc2F)c(Cl)c1=O)n1ccc(F)c(C(C)(C)O)c1=O.CC.CC. The normalized spacial score (nSPS) is 12.1. The zero-order valence-electron chi connectivity index (χ0n) is 25.6. The highest BCUT2D eigenvalue weighted by Gasteiger charge is 2.36. The average molecular weight is 641 g/mol. The minimum Gasteiger partial charge on any atom is -0.433 e. The van der Waals surface area contributed by atoms with Crippen LogP contribution < -0.4 is 15.9 Å². The predicted octanol–water partition coefficient (Wildman–Crippen LogP) is 5.19. The zero-order valence-corrected chi connectivity index (χ0v) is 26.3. The maximum atomic E-state index is 14.4. The van der Waals surface area contributed by atoms with Crippen LogP contribution in [0.3, 0.4) is 0 Å². The van der Waals surface area contributed by atoms with Crippen molar-refractivity contribution in [2.24, 2.45) is 4.99 Å². The van der Waals surface area contributed by atoms with E-state index in [-0.39, 0.29) is 11.5 Å². The summed E-state index contributed by atoms with van der Waals surface area (Å²) in [4.78, 5) is 33.4. The first-order valence-corrected chi connectivity index (χ1v) is 13.8.